The first-order valence-electron chi connectivity index (χ1n) is 8.85. The molecule has 1 saturated carbocycles. The molecule has 22 heavy (non-hydrogen) atoms. The van der Waals surface area contributed by atoms with Crippen LogP contribution in [-0.4, -0.2) is 37.9 Å². The van der Waals surface area contributed by atoms with E-state index >= 15 is 0 Å². The van der Waals surface area contributed by atoms with E-state index in [2.05, 4.69) is 13.8 Å². The van der Waals surface area contributed by atoms with Crippen LogP contribution < -0.4 is 0 Å². The van der Waals surface area contributed by atoms with Crippen LogP contribution in [0.4, 0.5) is 0 Å². The van der Waals surface area contributed by atoms with Gasteiger partial charge in [0.1, 0.15) is 0 Å². The first kappa shape index (κ1) is 20.4. The van der Waals surface area contributed by atoms with Crippen LogP contribution in [-0.2, 0) is 18.2 Å². The molecule has 0 radical (unpaired) electrons. The van der Waals surface area contributed by atoms with Crippen LogP contribution in [0.1, 0.15) is 53.4 Å². The fraction of sp³-hybridized carbons (Fsp3) is 1.00. The van der Waals surface area contributed by atoms with Crippen LogP contribution in [0.5, 0.6) is 0 Å². The lowest BCUT2D eigenvalue weighted by Gasteiger charge is -2.32. The lowest BCUT2D eigenvalue weighted by molar-refractivity contribution is 0.208. The molecule has 0 aromatic heterocycles. The standard InChI is InChI=1S/C16H34O4P2/c1-5-19-22(18,20-6-2)14-16-11-9-15(10-12-16)13-21(17,7-3)8-4/h15-16H,5-14H2,1-4H3. The third kappa shape index (κ3) is 6.48. The molecule has 0 spiro atoms. The van der Waals surface area contributed by atoms with Crippen molar-refractivity contribution in [1.82, 2.24) is 0 Å². The van der Waals surface area contributed by atoms with Gasteiger partial charge in [-0.2, -0.15) is 0 Å². The van der Waals surface area contributed by atoms with Crippen molar-refractivity contribution in [2.45, 2.75) is 53.4 Å². The van der Waals surface area contributed by atoms with E-state index in [1.807, 2.05) is 13.8 Å². The van der Waals surface area contributed by atoms with Gasteiger partial charge in [0.05, 0.1) is 26.5 Å². The minimum absolute atomic E-state index is 0.419. The third-order valence-corrected chi connectivity index (χ3v) is 10.6. The normalized spacial score (nSPS) is 23.6. The predicted molar refractivity (Wildman–Crippen MR) is 94.7 cm³/mol. The van der Waals surface area contributed by atoms with E-state index in [0.717, 1.165) is 44.2 Å². The average Bonchev–Trinajstić information content (AvgIpc) is 2.49. The Labute approximate surface area is 136 Å². The SMILES string of the molecule is CCOP(=O)(CC1CCC(CP(=O)(CC)CC)CC1)OCC. The van der Waals surface area contributed by atoms with Crippen molar-refractivity contribution in [1.29, 1.82) is 0 Å². The van der Waals surface area contributed by atoms with E-state index in [4.69, 9.17) is 9.05 Å². The molecule has 0 amide bonds. The fourth-order valence-corrected chi connectivity index (χ4v) is 7.74. The predicted octanol–water partition coefficient (Wildman–Crippen LogP) is 5.46. The van der Waals surface area contributed by atoms with E-state index in [-0.39, 0.29) is 0 Å². The molecule has 0 N–H and O–H groups in total. The van der Waals surface area contributed by atoms with Crippen LogP contribution in [0.25, 0.3) is 0 Å². The molecule has 0 aliphatic heterocycles. The highest BCUT2D eigenvalue weighted by Gasteiger charge is 2.33. The Bertz CT molecular complexity index is 385. The molecule has 4 nitrogen and oxygen atoms in total. The van der Waals surface area contributed by atoms with Gasteiger partial charge in [0.15, 0.2) is 0 Å². The molecule has 0 heterocycles. The molecule has 0 aromatic carbocycles. The summed E-state index contributed by atoms with van der Waals surface area (Å²) < 4.78 is 36.0. The van der Waals surface area contributed by atoms with Gasteiger partial charge in [0.2, 0.25) is 0 Å². The Morgan fingerprint density at radius 1 is 0.773 bits per heavy atom. The Kier molecular flexibility index (Phi) is 8.93. The van der Waals surface area contributed by atoms with Gasteiger partial charge in [-0.1, -0.05) is 13.8 Å². The van der Waals surface area contributed by atoms with Crippen LogP contribution in [0.15, 0.2) is 0 Å². The van der Waals surface area contributed by atoms with E-state index in [1.54, 1.807) is 0 Å². The van der Waals surface area contributed by atoms with Crippen molar-refractivity contribution in [3.63, 3.8) is 0 Å². The molecular formula is C16H34O4P2. The van der Waals surface area contributed by atoms with Crippen LogP contribution >= 0.6 is 14.7 Å². The lowest BCUT2D eigenvalue weighted by atomic mass is 9.84. The van der Waals surface area contributed by atoms with Gasteiger partial charge < -0.3 is 13.6 Å². The molecule has 0 bridgehead atoms. The number of rotatable bonds is 10. The van der Waals surface area contributed by atoms with E-state index in [0.29, 0.717) is 31.2 Å². The van der Waals surface area contributed by atoms with Crippen molar-refractivity contribution in [2.75, 3.05) is 37.9 Å². The first-order chi connectivity index (χ1) is 10.4. The van der Waals surface area contributed by atoms with E-state index in [9.17, 15) is 9.13 Å². The summed E-state index contributed by atoms with van der Waals surface area (Å²) in [7, 11) is -4.85. The van der Waals surface area contributed by atoms with Gasteiger partial charge in [0, 0.05) is 6.16 Å². The zero-order valence-electron chi connectivity index (χ0n) is 14.8. The zero-order valence-corrected chi connectivity index (χ0v) is 16.5. The summed E-state index contributed by atoms with van der Waals surface area (Å²) in [5.41, 5.74) is 0. The molecule has 0 atom stereocenters. The summed E-state index contributed by atoms with van der Waals surface area (Å²) in [4.78, 5) is 0. The third-order valence-electron chi connectivity index (χ3n) is 4.84. The summed E-state index contributed by atoms with van der Waals surface area (Å²) in [5.74, 6) is 1.00. The summed E-state index contributed by atoms with van der Waals surface area (Å²) in [6.45, 7) is 8.68. The maximum absolute atomic E-state index is 12.6. The van der Waals surface area contributed by atoms with Gasteiger partial charge in [0.25, 0.3) is 0 Å². The van der Waals surface area contributed by atoms with Crippen molar-refractivity contribution < 1.29 is 18.2 Å². The Morgan fingerprint density at radius 2 is 1.18 bits per heavy atom. The highest BCUT2D eigenvalue weighted by molar-refractivity contribution is 7.63. The van der Waals surface area contributed by atoms with Crippen molar-refractivity contribution in [3.8, 4) is 0 Å². The second-order valence-corrected chi connectivity index (χ2v) is 12.2. The quantitative estimate of drug-likeness (QED) is 0.490. The minimum atomic E-state index is -2.91. The topological polar surface area (TPSA) is 52.6 Å². The second-order valence-electron chi connectivity index (χ2n) is 6.39. The highest BCUT2D eigenvalue weighted by atomic mass is 31.2. The van der Waals surface area contributed by atoms with Crippen LogP contribution in [0.2, 0.25) is 0 Å². The molecule has 1 fully saturated rings. The van der Waals surface area contributed by atoms with Crippen LogP contribution in [0, 0.1) is 11.8 Å². The first-order valence-corrected chi connectivity index (χ1v) is 12.8. The summed E-state index contributed by atoms with van der Waals surface area (Å²) in [6.07, 6.45) is 7.42. The van der Waals surface area contributed by atoms with E-state index in [1.165, 1.54) is 0 Å². The molecule has 0 unspecified atom stereocenters. The van der Waals surface area contributed by atoms with Gasteiger partial charge >= 0.3 is 7.60 Å². The minimum Gasteiger partial charge on any atom is -0.324 e. The number of hydrogen-bond donors (Lipinski definition) is 0. The second kappa shape index (κ2) is 9.62. The molecule has 1 aliphatic carbocycles. The number of hydrogen-bond acceptors (Lipinski definition) is 4. The zero-order chi connectivity index (χ0) is 16.6. The maximum atomic E-state index is 12.6. The van der Waals surface area contributed by atoms with Crippen LogP contribution in [0.3, 0.4) is 0 Å². The molecule has 0 saturated heterocycles. The molecular weight excluding hydrogens is 318 g/mol. The highest BCUT2D eigenvalue weighted by Crippen LogP contribution is 2.53. The fourth-order valence-electron chi connectivity index (χ4n) is 3.40. The summed E-state index contributed by atoms with van der Waals surface area (Å²) in [5, 5.41) is 0. The molecule has 6 heteroatoms. The monoisotopic (exact) mass is 352 g/mol. The Hall–Kier alpha value is 0.380. The van der Waals surface area contributed by atoms with Crippen molar-refractivity contribution >= 4 is 14.7 Å². The van der Waals surface area contributed by atoms with Gasteiger partial charge in [-0.3, -0.25) is 4.57 Å². The molecule has 132 valence electrons. The van der Waals surface area contributed by atoms with Crippen molar-refractivity contribution in [2.24, 2.45) is 11.8 Å². The van der Waals surface area contributed by atoms with Gasteiger partial charge in [-0.15, -0.1) is 0 Å². The summed E-state index contributed by atoms with van der Waals surface area (Å²) in [6, 6.07) is 0. The molecule has 1 aliphatic rings. The maximum Gasteiger partial charge on any atom is 0.330 e. The van der Waals surface area contributed by atoms with Crippen molar-refractivity contribution in [3.05, 3.63) is 0 Å². The Morgan fingerprint density at radius 3 is 1.55 bits per heavy atom. The average molecular weight is 352 g/mol. The largest absolute Gasteiger partial charge is 0.330 e. The van der Waals surface area contributed by atoms with E-state index < -0.39 is 14.7 Å². The summed E-state index contributed by atoms with van der Waals surface area (Å²) >= 11 is 0. The Balaban J connectivity index is 2.48. The molecule has 0 aromatic rings. The van der Waals surface area contributed by atoms with Gasteiger partial charge in [-0.05, 0) is 63.7 Å². The lowest BCUT2D eigenvalue weighted by Crippen LogP contribution is -2.21. The molecule has 1 rings (SSSR count). The van der Waals surface area contributed by atoms with Gasteiger partial charge in [-0.25, -0.2) is 0 Å². The smallest absolute Gasteiger partial charge is 0.324 e.